The average Bonchev–Trinajstić information content (AvgIpc) is 2.96. The monoisotopic (exact) mass is 563 g/mol. The molecule has 0 aromatic rings. The Morgan fingerprint density at radius 3 is 0.550 bits per heavy atom. The third-order valence-electron chi connectivity index (χ3n) is 9.60. The summed E-state index contributed by atoms with van der Waals surface area (Å²) in [6.45, 7) is 7.13. The summed E-state index contributed by atoms with van der Waals surface area (Å²) in [5, 5.41) is 0. The van der Waals surface area contributed by atoms with E-state index in [9.17, 15) is 0 Å². The van der Waals surface area contributed by atoms with E-state index in [0.29, 0.717) is 0 Å². The molecule has 0 saturated carbocycles. The van der Waals surface area contributed by atoms with Gasteiger partial charge in [-0.25, -0.2) is 0 Å². The molecule has 1 atom stereocenters. The van der Waals surface area contributed by atoms with E-state index in [1.54, 1.807) is 0 Å². The minimum absolute atomic E-state index is 0.966. The summed E-state index contributed by atoms with van der Waals surface area (Å²) in [5.74, 6) is 0.966. The molecule has 0 aromatic carbocycles. The molecule has 0 spiro atoms. The number of rotatable bonds is 36. The molecule has 0 heteroatoms. The van der Waals surface area contributed by atoms with Crippen LogP contribution in [0.3, 0.4) is 0 Å². The third-order valence-corrected chi connectivity index (χ3v) is 9.60. The molecule has 0 N–H and O–H groups in total. The molecule has 0 rings (SSSR count). The Balaban J connectivity index is 3.13. The van der Waals surface area contributed by atoms with Crippen molar-refractivity contribution in [1.29, 1.82) is 0 Å². The van der Waals surface area contributed by atoms with Gasteiger partial charge in [0.15, 0.2) is 0 Å². The van der Waals surface area contributed by atoms with E-state index in [-0.39, 0.29) is 0 Å². The van der Waals surface area contributed by atoms with E-state index in [1.807, 2.05) is 0 Å². The van der Waals surface area contributed by atoms with E-state index < -0.39 is 0 Å². The number of unbranched alkanes of at least 4 members (excludes halogenated alkanes) is 32. The zero-order valence-electron chi connectivity index (χ0n) is 29.0. The van der Waals surface area contributed by atoms with Crippen LogP contribution in [0.15, 0.2) is 0 Å². The zero-order chi connectivity index (χ0) is 29.0. The maximum atomic E-state index is 2.51. The van der Waals surface area contributed by atoms with Crippen molar-refractivity contribution < 1.29 is 0 Å². The molecule has 0 aromatic heterocycles. The van der Waals surface area contributed by atoms with Gasteiger partial charge in [0.1, 0.15) is 0 Å². The smallest absolute Gasteiger partial charge is 0.0443 e. The van der Waals surface area contributed by atoms with Crippen molar-refractivity contribution in [2.45, 2.75) is 252 Å². The van der Waals surface area contributed by atoms with Crippen LogP contribution >= 0.6 is 0 Å². The lowest BCUT2D eigenvalue weighted by molar-refractivity contribution is 0.429. The minimum Gasteiger partial charge on any atom is -0.0654 e. The van der Waals surface area contributed by atoms with Crippen molar-refractivity contribution in [3.05, 3.63) is 0 Å². The van der Waals surface area contributed by atoms with Gasteiger partial charge in [0, 0.05) is 0 Å². The first kappa shape index (κ1) is 40.0. The second-order valence-corrected chi connectivity index (χ2v) is 14.0. The lowest BCUT2D eigenvalue weighted by atomic mass is 9.95. The maximum Gasteiger partial charge on any atom is -0.0443 e. The Labute approximate surface area is 257 Å². The van der Waals surface area contributed by atoms with Gasteiger partial charge in [-0.15, -0.1) is 0 Å². The Morgan fingerprint density at radius 2 is 0.375 bits per heavy atom. The van der Waals surface area contributed by atoms with Gasteiger partial charge in [0.2, 0.25) is 0 Å². The quantitative estimate of drug-likeness (QED) is 0.0666. The first-order valence-corrected chi connectivity index (χ1v) is 19.8. The fourth-order valence-electron chi connectivity index (χ4n) is 6.58. The molecule has 0 heterocycles. The van der Waals surface area contributed by atoms with Gasteiger partial charge in [-0.3, -0.25) is 0 Å². The number of hydrogen-bond donors (Lipinski definition) is 0. The van der Waals surface area contributed by atoms with Crippen molar-refractivity contribution in [1.82, 2.24) is 0 Å². The molecular weight excluding hydrogens is 480 g/mol. The van der Waals surface area contributed by atoms with E-state index in [0.717, 1.165) is 5.92 Å². The van der Waals surface area contributed by atoms with Gasteiger partial charge < -0.3 is 0 Å². The van der Waals surface area contributed by atoms with Crippen LogP contribution < -0.4 is 0 Å². The van der Waals surface area contributed by atoms with Gasteiger partial charge in [0.05, 0.1) is 0 Å². The molecular formula is C40H82. The van der Waals surface area contributed by atoms with Crippen LogP contribution in [0.4, 0.5) is 0 Å². The summed E-state index contributed by atoms with van der Waals surface area (Å²) in [5.41, 5.74) is 0. The standard InChI is InChI=1S/C40H82/c1-4-6-8-10-12-14-16-18-20-21-22-23-25-27-29-31-33-35-37-39-40(3)38-36-34-32-30-28-26-24-19-17-15-13-11-9-7-5-2/h40H,4-39H2,1-3H3. The second-order valence-electron chi connectivity index (χ2n) is 14.0. The van der Waals surface area contributed by atoms with Crippen molar-refractivity contribution >= 4 is 0 Å². The Kier molecular flexibility index (Phi) is 37.0. The summed E-state index contributed by atoms with van der Waals surface area (Å²) in [7, 11) is 0. The lowest BCUT2D eigenvalue weighted by Crippen LogP contribution is -1.95. The Hall–Kier alpha value is 0. The molecule has 1 unspecified atom stereocenters. The summed E-state index contributed by atoms with van der Waals surface area (Å²) in [6, 6.07) is 0. The molecule has 0 aliphatic carbocycles. The molecule has 0 fully saturated rings. The van der Waals surface area contributed by atoms with Crippen LogP contribution in [0.2, 0.25) is 0 Å². The Morgan fingerprint density at radius 1 is 0.225 bits per heavy atom. The van der Waals surface area contributed by atoms with Crippen LogP contribution in [0.1, 0.15) is 252 Å². The fraction of sp³-hybridized carbons (Fsp3) is 1.00. The van der Waals surface area contributed by atoms with Gasteiger partial charge in [-0.2, -0.15) is 0 Å². The molecule has 0 saturated heterocycles. The second kappa shape index (κ2) is 37.0. The molecule has 0 nitrogen and oxygen atoms in total. The SMILES string of the molecule is CCCCCCCCCCCCCCCCCCCCCC(C)CCCCCCCCCCCCCCCCC. The first-order valence-electron chi connectivity index (χ1n) is 19.8. The lowest BCUT2D eigenvalue weighted by Gasteiger charge is -2.11. The zero-order valence-corrected chi connectivity index (χ0v) is 29.0. The summed E-state index contributed by atoms with van der Waals surface area (Å²) >= 11 is 0. The van der Waals surface area contributed by atoms with Gasteiger partial charge in [-0.1, -0.05) is 252 Å². The van der Waals surface area contributed by atoms with E-state index in [1.165, 1.54) is 231 Å². The van der Waals surface area contributed by atoms with E-state index >= 15 is 0 Å². The highest BCUT2D eigenvalue weighted by Crippen LogP contribution is 2.20. The summed E-state index contributed by atoms with van der Waals surface area (Å²) < 4.78 is 0. The van der Waals surface area contributed by atoms with Crippen LogP contribution in [0.5, 0.6) is 0 Å². The predicted octanol–water partition coefficient (Wildman–Crippen LogP) is 15.7. The average molecular weight is 563 g/mol. The van der Waals surface area contributed by atoms with Gasteiger partial charge >= 0.3 is 0 Å². The summed E-state index contributed by atoms with van der Waals surface area (Å²) in [4.78, 5) is 0. The van der Waals surface area contributed by atoms with Crippen molar-refractivity contribution in [3.63, 3.8) is 0 Å². The van der Waals surface area contributed by atoms with Crippen LogP contribution in [0, 0.1) is 5.92 Å². The highest BCUT2D eigenvalue weighted by atomic mass is 14.1. The minimum atomic E-state index is 0.966. The van der Waals surface area contributed by atoms with Gasteiger partial charge in [0.25, 0.3) is 0 Å². The van der Waals surface area contributed by atoms with E-state index in [4.69, 9.17) is 0 Å². The number of hydrogen-bond acceptors (Lipinski definition) is 0. The molecule has 40 heavy (non-hydrogen) atoms. The van der Waals surface area contributed by atoms with E-state index in [2.05, 4.69) is 20.8 Å². The van der Waals surface area contributed by atoms with Crippen molar-refractivity contribution in [2.24, 2.45) is 5.92 Å². The predicted molar refractivity (Wildman–Crippen MR) is 187 cm³/mol. The molecule has 0 aliphatic heterocycles. The fourth-order valence-corrected chi connectivity index (χ4v) is 6.58. The largest absolute Gasteiger partial charge is 0.0654 e. The van der Waals surface area contributed by atoms with Crippen molar-refractivity contribution in [3.8, 4) is 0 Å². The molecule has 0 bridgehead atoms. The van der Waals surface area contributed by atoms with Crippen molar-refractivity contribution in [2.75, 3.05) is 0 Å². The third kappa shape index (κ3) is 36.0. The molecule has 242 valence electrons. The van der Waals surface area contributed by atoms with Crippen LogP contribution in [-0.2, 0) is 0 Å². The highest BCUT2D eigenvalue weighted by molar-refractivity contribution is 4.57. The summed E-state index contributed by atoms with van der Waals surface area (Å²) in [6.07, 6.45) is 53.2. The Bertz CT molecular complexity index is 412. The van der Waals surface area contributed by atoms with Gasteiger partial charge in [-0.05, 0) is 5.92 Å². The maximum absolute atomic E-state index is 2.51. The molecule has 0 aliphatic rings. The molecule has 0 radical (unpaired) electrons. The first-order chi connectivity index (χ1) is 19.8. The molecule has 0 amide bonds. The van der Waals surface area contributed by atoms with Crippen LogP contribution in [-0.4, -0.2) is 0 Å². The van der Waals surface area contributed by atoms with Crippen LogP contribution in [0.25, 0.3) is 0 Å². The highest BCUT2D eigenvalue weighted by Gasteiger charge is 2.02. The topological polar surface area (TPSA) is 0 Å². The normalized spacial score (nSPS) is 12.4.